The van der Waals surface area contributed by atoms with Crippen LogP contribution in [0.3, 0.4) is 0 Å². The van der Waals surface area contributed by atoms with Crippen molar-refractivity contribution in [3.63, 3.8) is 0 Å². The highest BCUT2D eigenvalue weighted by atomic mass is 16.5. The topological polar surface area (TPSA) is 49.9 Å². The molecule has 2 unspecified atom stereocenters. The molecule has 2 atom stereocenters. The summed E-state index contributed by atoms with van der Waals surface area (Å²) in [5.74, 6) is 0.345. The Bertz CT molecular complexity index is 602. The second-order valence-corrected chi connectivity index (χ2v) is 6.58. The maximum atomic E-state index is 13.1. The van der Waals surface area contributed by atoms with E-state index in [4.69, 9.17) is 4.74 Å². The number of hydrogen-bond acceptors (Lipinski definition) is 4. The molecule has 0 radical (unpaired) electrons. The van der Waals surface area contributed by atoms with Crippen molar-refractivity contribution >= 4 is 11.9 Å². The average Bonchev–Trinajstić information content (AvgIpc) is 2.97. The van der Waals surface area contributed by atoms with Gasteiger partial charge in [-0.05, 0) is 44.0 Å². The van der Waals surface area contributed by atoms with Gasteiger partial charge in [0.05, 0.1) is 13.5 Å². The zero-order chi connectivity index (χ0) is 16.4. The number of esters is 1. The van der Waals surface area contributed by atoms with Crippen molar-refractivity contribution in [3.8, 4) is 0 Å². The van der Waals surface area contributed by atoms with Crippen molar-refractivity contribution in [2.45, 2.75) is 25.3 Å². The quantitative estimate of drug-likeness (QED) is 0.794. The molecule has 3 rings (SSSR count). The molecule has 0 aromatic heterocycles. The molecule has 5 nitrogen and oxygen atoms in total. The average molecular weight is 316 g/mol. The Hall–Kier alpha value is -1.88. The highest BCUT2D eigenvalue weighted by Gasteiger charge is 2.40. The zero-order valence-corrected chi connectivity index (χ0v) is 13.8. The Labute approximate surface area is 137 Å². The van der Waals surface area contributed by atoms with E-state index >= 15 is 0 Å². The number of amides is 1. The van der Waals surface area contributed by atoms with Crippen molar-refractivity contribution in [2.24, 2.45) is 5.92 Å². The third-order valence-electron chi connectivity index (χ3n) is 5.14. The number of benzene rings is 1. The van der Waals surface area contributed by atoms with Crippen molar-refractivity contribution in [3.05, 3.63) is 35.4 Å². The summed E-state index contributed by atoms with van der Waals surface area (Å²) in [5.41, 5.74) is 1.38. The lowest BCUT2D eigenvalue weighted by atomic mass is 9.92. The van der Waals surface area contributed by atoms with Gasteiger partial charge in [-0.1, -0.05) is 18.2 Å². The predicted octanol–water partition coefficient (Wildman–Crippen LogP) is 1.57. The first kappa shape index (κ1) is 16.0. The third kappa shape index (κ3) is 3.24. The molecule has 1 aromatic carbocycles. The van der Waals surface area contributed by atoms with Crippen LogP contribution in [0.15, 0.2) is 24.3 Å². The van der Waals surface area contributed by atoms with Gasteiger partial charge in [-0.15, -0.1) is 0 Å². The fourth-order valence-electron chi connectivity index (χ4n) is 3.82. The second kappa shape index (κ2) is 6.71. The molecule has 2 aliphatic heterocycles. The summed E-state index contributed by atoms with van der Waals surface area (Å²) in [6.07, 6.45) is 2.39. The van der Waals surface area contributed by atoms with Crippen molar-refractivity contribution in [2.75, 3.05) is 33.8 Å². The minimum atomic E-state index is -0.318. The summed E-state index contributed by atoms with van der Waals surface area (Å²) in [7, 11) is 3.48. The molecule has 0 aliphatic carbocycles. The zero-order valence-electron chi connectivity index (χ0n) is 13.8. The molecule has 5 heteroatoms. The predicted molar refractivity (Wildman–Crippen MR) is 87.2 cm³/mol. The maximum absolute atomic E-state index is 13.1. The molecule has 2 heterocycles. The Kier molecular flexibility index (Phi) is 4.66. The fraction of sp³-hybridized carbons (Fsp3) is 0.556. The molecule has 0 saturated carbocycles. The van der Waals surface area contributed by atoms with Crippen LogP contribution in [-0.4, -0.2) is 61.5 Å². The largest absolute Gasteiger partial charge is 0.469 e. The van der Waals surface area contributed by atoms with Crippen LogP contribution in [0, 0.1) is 5.92 Å². The number of piperidine rings is 1. The first-order chi connectivity index (χ1) is 11.1. The lowest BCUT2D eigenvalue weighted by molar-refractivity contribution is -0.139. The summed E-state index contributed by atoms with van der Waals surface area (Å²) >= 11 is 0. The summed E-state index contributed by atoms with van der Waals surface area (Å²) in [6, 6.07) is 7.67. The van der Waals surface area contributed by atoms with Gasteiger partial charge in [0.2, 0.25) is 0 Å². The van der Waals surface area contributed by atoms with Gasteiger partial charge in [-0.3, -0.25) is 9.59 Å². The molecule has 1 amide bonds. The fourth-order valence-corrected chi connectivity index (χ4v) is 3.82. The minimum Gasteiger partial charge on any atom is -0.469 e. The molecule has 2 fully saturated rings. The number of fused-ring (bicyclic) bond motifs is 1. The monoisotopic (exact) mass is 316 g/mol. The summed E-state index contributed by atoms with van der Waals surface area (Å²) < 4.78 is 4.74. The van der Waals surface area contributed by atoms with Crippen molar-refractivity contribution in [1.29, 1.82) is 0 Å². The van der Waals surface area contributed by atoms with Gasteiger partial charge in [-0.2, -0.15) is 0 Å². The van der Waals surface area contributed by atoms with Crippen molar-refractivity contribution < 1.29 is 14.3 Å². The van der Waals surface area contributed by atoms with E-state index in [1.54, 1.807) is 0 Å². The van der Waals surface area contributed by atoms with Crippen LogP contribution in [0.2, 0.25) is 0 Å². The number of carbonyl (C=O) groups excluding carboxylic acids is 2. The summed E-state index contributed by atoms with van der Waals surface area (Å²) in [5, 5.41) is 0. The van der Waals surface area contributed by atoms with E-state index < -0.39 is 0 Å². The summed E-state index contributed by atoms with van der Waals surface area (Å²) in [4.78, 5) is 29.0. The number of nitrogens with zero attached hydrogens (tertiary/aromatic N) is 2. The molecule has 0 spiro atoms. The van der Waals surface area contributed by atoms with Gasteiger partial charge < -0.3 is 14.5 Å². The van der Waals surface area contributed by atoms with Crippen LogP contribution in [0.25, 0.3) is 0 Å². The van der Waals surface area contributed by atoms with Crippen LogP contribution in [-0.2, 0) is 16.0 Å². The Morgan fingerprint density at radius 1 is 1.22 bits per heavy atom. The van der Waals surface area contributed by atoms with Gasteiger partial charge in [0, 0.05) is 24.7 Å². The number of carbonyl (C=O) groups is 2. The highest BCUT2D eigenvalue weighted by molar-refractivity contribution is 5.97. The molecule has 124 valence electrons. The maximum Gasteiger partial charge on any atom is 0.310 e. The van der Waals surface area contributed by atoms with E-state index in [1.807, 2.05) is 29.2 Å². The smallest absolute Gasteiger partial charge is 0.310 e. The van der Waals surface area contributed by atoms with Gasteiger partial charge in [0.25, 0.3) is 5.91 Å². The normalized spacial score (nSPS) is 24.3. The molecular formula is C18H24N2O3. The van der Waals surface area contributed by atoms with Crippen LogP contribution in [0.1, 0.15) is 28.8 Å². The molecule has 2 saturated heterocycles. The number of rotatable bonds is 3. The number of methoxy groups -OCH3 is 1. The molecule has 1 aromatic rings. The third-order valence-corrected chi connectivity index (χ3v) is 5.14. The van der Waals surface area contributed by atoms with Crippen molar-refractivity contribution in [1.82, 2.24) is 9.80 Å². The van der Waals surface area contributed by atoms with E-state index in [0.29, 0.717) is 17.5 Å². The van der Waals surface area contributed by atoms with Crippen LogP contribution in [0.4, 0.5) is 0 Å². The highest BCUT2D eigenvalue weighted by Crippen LogP contribution is 2.32. The van der Waals surface area contributed by atoms with E-state index in [0.717, 1.165) is 38.0 Å². The molecule has 2 aliphatic rings. The Morgan fingerprint density at radius 2 is 1.96 bits per heavy atom. The number of likely N-dealkylation sites (N-methyl/N-ethyl adjacent to an activating group) is 1. The van der Waals surface area contributed by atoms with Gasteiger partial charge in [-0.25, -0.2) is 0 Å². The van der Waals surface area contributed by atoms with Gasteiger partial charge >= 0.3 is 5.97 Å². The molecular weight excluding hydrogens is 292 g/mol. The Morgan fingerprint density at radius 3 is 2.74 bits per heavy atom. The van der Waals surface area contributed by atoms with Crippen LogP contribution < -0.4 is 0 Å². The van der Waals surface area contributed by atoms with Gasteiger partial charge in [0.1, 0.15) is 0 Å². The minimum absolute atomic E-state index is 0.0484. The number of likely N-dealkylation sites (tertiary alicyclic amines) is 2. The lowest BCUT2D eigenvalue weighted by Crippen LogP contribution is -2.48. The number of hydrogen-bond donors (Lipinski definition) is 0. The summed E-state index contributed by atoms with van der Waals surface area (Å²) in [6.45, 7) is 2.87. The number of ether oxygens (including phenoxy) is 1. The molecule has 0 bridgehead atoms. The van der Waals surface area contributed by atoms with E-state index in [2.05, 4.69) is 11.9 Å². The van der Waals surface area contributed by atoms with Gasteiger partial charge in [0.15, 0.2) is 0 Å². The molecule has 23 heavy (non-hydrogen) atoms. The molecule has 0 N–H and O–H groups in total. The van der Waals surface area contributed by atoms with Crippen LogP contribution >= 0.6 is 0 Å². The SMILES string of the molecule is COC(=O)Cc1ccccc1C(=O)N1CCC2CCN(C)CC21. The first-order valence-corrected chi connectivity index (χ1v) is 8.24. The standard InChI is InChI=1S/C18H24N2O3/c1-19-9-7-13-8-10-20(16(13)12-19)18(22)15-6-4-3-5-14(15)11-17(21)23-2/h3-6,13,16H,7-12H2,1-2H3. The van der Waals surface area contributed by atoms with E-state index in [-0.39, 0.29) is 18.3 Å². The van der Waals surface area contributed by atoms with E-state index in [1.165, 1.54) is 7.11 Å². The lowest BCUT2D eigenvalue weighted by Gasteiger charge is -2.36. The second-order valence-electron chi connectivity index (χ2n) is 6.58. The Balaban J connectivity index is 1.82. The van der Waals surface area contributed by atoms with Crippen LogP contribution in [0.5, 0.6) is 0 Å². The first-order valence-electron chi connectivity index (χ1n) is 8.24. The van der Waals surface area contributed by atoms with E-state index in [9.17, 15) is 9.59 Å².